The SMILES string of the molecule is COc1ccc(NC(=O)N(CCC(N)=S)C2CC2)cc1. The van der Waals surface area contributed by atoms with Crippen LogP contribution in [0.2, 0.25) is 0 Å². The molecule has 0 spiro atoms. The van der Waals surface area contributed by atoms with Gasteiger partial charge in [0, 0.05) is 24.7 Å². The predicted molar refractivity (Wildman–Crippen MR) is 83.1 cm³/mol. The molecule has 20 heavy (non-hydrogen) atoms. The highest BCUT2D eigenvalue weighted by Gasteiger charge is 2.32. The summed E-state index contributed by atoms with van der Waals surface area (Å²) in [4.78, 5) is 14.5. The molecule has 0 aliphatic heterocycles. The molecule has 1 aromatic rings. The Morgan fingerprint density at radius 3 is 2.60 bits per heavy atom. The Kier molecular flexibility index (Phi) is 4.79. The Morgan fingerprint density at radius 1 is 1.45 bits per heavy atom. The molecule has 1 fully saturated rings. The number of thiocarbonyl (C=S) groups is 1. The first-order valence-corrected chi connectivity index (χ1v) is 7.01. The van der Waals surface area contributed by atoms with Crippen LogP contribution in [-0.2, 0) is 0 Å². The van der Waals surface area contributed by atoms with Crippen molar-refractivity contribution in [3.63, 3.8) is 0 Å². The van der Waals surface area contributed by atoms with E-state index in [1.54, 1.807) is 7.11 Å². The molecule has 2 amide bonds. The van der Waals surface area contributed by atoms with Crippen LogP contribution in [0.5, 0.6) is 5.75 Å². The third-order valence-electron chi connectivity index (χ3n) is 3.19. The summed E-state index contributed by atoms with van der Waals surface area (Å²) in [5.41, 5.74) is 6.25. The van der Waals surface area contributed by atoms with Gasteiger partial charge in [0.15, 0.2) is 0 Å². The van der Waals surface area contributed by atoms with Gasteiger partial charge in [0.2, 0.25) is 0 Å². The number of nitrogens with two attached hydrogens (primary N) is 1. The predicted octanol–water partition coefficient (Wildman–Crippen LogP) is 2.37. The third kappa shape index (κ3) is 4.09. The van der Waals surface area contributed by atoms with Crippen molar-refractivity contribution in [1.82, 2.24) is 4.90 Å². The fourth-order valence-electron chi connectivity index (χ4n) is 1.94. The number of anilines is 1. The molecule has 1 aliphatic rings. The van der Waals surface area contributed by atoms with Crippen LogP contribution in [0, 0.1) is 0 Å². The van der Waals surface area contributed by atoms with Crippen molar-refractivity contribution in [3.05, 3.63) is 24.3 Å². The van der Waals surface area contributed by atoms with E-state index in [0.717, 1.165) is 24.3 Å². The van der Waals surface area contributed by atoms with Gasteiger partial charge in [-0.2, -0.15) is 0 Å². The number of carbonyl (C=O) groups is 1. The van der Waals surface area contributed by atoms with Gasteiger partial charge in [-0.25, -0.2) is 4.79 Å². The van der Waals surface area contributed by atoms with Crippen molar-refractivity contribution in [3.8, 4) is 5.75 Å². The summed E-state index contributed by atoms with van der Waals surface area (Å²) in [6.07, 6.45) is 2.66. The molecule has 0 saturated heterocycles. The lowest BCUT2D eigenvalue weighted by Gasteiger charge is -2.22. The summed E-state index contributed by atoms with van der Waals surface area (Å²) in [6.45, 7) is 0.571. The summed E-state index contributed by atoms with van der Waals surface area (Å²) in [7, 11) is 1.61. The zero-order chi connectivity index (χ0) is 14.5. The number of hydrogen-bond acceptors (Lipinski definition) is 3. The monoisotopic (exact) mass is 293 g/mol. The van der Waals surface area contributed by atoms with Crippen molar-refractivity contribution in [2.24, 2.45) is 5.73 Å². The van der Waals surface area contributed by atoms with Crippen LogP contribution in [0.3, 0.4) is 0 Å². The highest BCUT2D eigenvalue weighted by atomic mass is 32.1. The van der Waals surface area contributed by atoms with Crippen molar-refractivity contribution < 1.29 is 9.53 Å². The standard InChI is InChI=1S/C14H19N3O2S/c1-19-12-6-2-10(3-7-12)16-14(18)17(11-4-5-11)9-8-13(15)20/h2-3,6-7,11H,4-5,8-9H2,1H3,(H2,15,20)(H,16,18). The van der Waals surface area contributed by atoms with Crippen molar-refractivity contribution >= 4 is 28.9 Å². The second kappa shape index (κ2) is 6.56. The molecule has 3 N–H and O–H groups in total. The van der Waals surface area contributed by atoms with Crippen LogP contribution in [-0.4, -0.2) is 35.6 Å². The van der Waals surface area contributed by atoms with Gasteiger partial charge in [-0.05, 0) is 37.1 Å². The lowest BCUT2D eigenvalue weighted by molar-refractivity contribution is 0.210. The van der Waals surface area contributed by atoms with E-state index >= 15 is 0 Å². The molecule has 108 valence electrons. The summed E-state index contributed by atoms with van der Waals surface area (Å²) < 4.78 is 5.08. The normalized spacial score (nSPS) is 13.7. The number of rotatable bonds is 6. The highest BCUT2D eigenvalue weighted by molar-refractivity contribution is 7.80. The van der Waals surface area contributed by atoms with E-state index in [1.807, 2.05) is 29.2 Å². The minimum absolute atomic E-state index is 0.103. The average molecular weight is 293 g/mol. The first-order chi connectivity index (χ1) is 9.60. The maximum absolute atomic E-state index is 12.3. The van der Waals surface area contributed by atoms with Gasteiger partial charge in [0.05, 0.1) is 12.1 Å². The first kappa shape index (κ1) is 14.6. The molecule has 0 unspecified atom stereocenters. The van der Waals surface area contributed by atoms with Crippen molar-refractivity contribution in [2.75, 3.05) is 19.0 Å². The highest BCUT2D eigenvalue weighted by Crippen LogP contribution is 2.27. The second-order valence-corrected chi connectivity index (χ2v) is 5.32. The zero-order valence-corrected chi connectivity index (χ0v) is 12.3. The Hall–Kier alpha value is -1.82. The molecule has 2 rings (SSSR count). The summed E-state index contributed by atoms with van der Waals surface area (Å²) in [6, 6.07) is 7.47. The van der Waals surface area contributed by atoms with Crippen LogP contribution < -0.4 is 15.8 Å². The molecule has 1 aromatic carbocycles. The molecule has 0 bridgehead atoms. The lowest BCUT2D eigenvalue weighted by atomic mass is 10.3. The quantitative estimate of drug-likeness (QED) is 0.790. The Bertz CT molecular complexity index is 486. The summed E-state index contributed by atoms with van der Waals surface area (Å²) in [5, 5.41) is 2.89. The second-order valence-electron chi connectivity index (χ2n) is 4.80. The van der Waals surface area contributed by atoms with E-state index in [9.17, 15) is 4.79 Å². The van der Waals surface area contributed by atoms with E-state index in [0.29, 0.717) is 24.0 Å². The first-order valence-electron chi connectivity index (χ1n) is 6.60. The maximum atomic E-state index is 12.3. The molecule has 0 aromatic heterocycles. The molecule has 0 radical (unpaired) electrons. The molecule has 0 heterocycles. The van der Waals surface area contributed by atoms with Crippen LogP contribution in [0.25, 0.3) is 0 Å². The van der Waals surface area contributed by atoms with Crippen LogP contribution in [0.15, 0.2) is 24.3 Å². The Morgan fingerprint density at radius 2 is 2.10 bits per heavy atom. The van der Waals surface area contributed by atoms with Crippen LogP contribution in [0.1, 0.15) is 19.3 Å². The number of nitrogens with one attached hydrogen (secondary N) is 1. The number of benzene rings is 1. The number of ether oxygens (including phenoxy) is 1. The van der Waals surface area contributed by atoms with Crippen molar-refractivity contribution in [1.29, 1.82) is 0 Å². The average Bonchev–Trinajstić information content (AvgIpc) is 3.24. The van der Waals surface area contributed by atoms with Crippen LogP contribution in [0.4, 0.5) is 10.5 Å². The summed E-state index contributed by atoms with van der Waals surface area (Å²) in [5.74, 6) is 0.760. The number of hydrogen-bond donors (Lipinski definition) is 2. The molecule has 6 heteroatoms. The van der Waals surface area contributed by atoms with E-state index < -0.39 is 0 Å². The van der Waals surface area contributed by atoms with Gasteiger partial charge in [0.25, 0.3) is 0 Å². The van der Waals surface area contributed by atoms with E-state index in [1.165, 1.54) is 0 Å². The van der Waals surface area contributed by atoms with Crippen molar-refractivity contribution in [2.45, 2.75) is 25.3 Å². The van der Waals surface area contributed by atoms with Gasteiger partial charge in [-0.1, -0.05) is 12.2 Å². The topological polar surface area (TPSA) is 67.6 Å². The van der Waals surface area contributed by atoms with Gasteiger partial charge >= 0.3 is 6.03 Å². The lowest BCUT2D eigenvalue weighted by Crippen LogP contribution is -2.38. The fraction of sp³-hybridized carbons (Fsp3) is 0.429. The number of urea groups is 1. The van der Waals surface area contributed by atoms with Gasteiger partial charge in [-0.3, -0.25) is 0 Å². The number of carbonyl (C=O) groups excluding carboxylic acids is 1. The smallest absolute Gasteiger partial charge is 0.322 e. The minimum atomic E-state index is -0.103. The van der Waals surface area contributed by atoms with Gasteiger partial charge in [0.1, 0.15) is 5.75 Å². The van der Waals surface area contributed by atoms with Gasteiger partial charge in [-0.15, -0.1) is 0 Å². The molecule has 1 aliphatic carbocycles. The zero-order valence-electron chi connectivity index (χ0n) is 11.5. The van der Waals surface area contributed by atoms with Gasteiger partial charge < -0.3 is 20.7 Å². The molecule has 0 atom stereocenters. The molecular formula is C14H19N3O2S. The van der Waals surface area contributed by atoms with E-state index in [4.69, 9.17) is 22.7 Å². The largest absolute Gasteiger partial charge is 0.497 e. The third-order valence-corrected chi connectivity index (χ3v) is 3.39. The number of methoxy groups -OCH3 is 1. The Balaban J connectivity index is 1.94. The molecule has 5 nitrogen and oxygen atoms in total. The van der Waals surface area contributed by atoms with Crippen LogP contribution >= 0.6 is 12.2 Å². The van der Waals surface area contributed by atoms with E-state index in [-0.39, 0.29) is 6.03 Å². The minimum Gasteiger partial charge on any atom is -0.497 e. The van der Waals surface area contributed by atoms with E-state index in [2.05, 4.69) is 5.32 Å². The Labute approximate surface area is 124 Å². The molecule has 1 saturated carbocycles. The number of amides is 2. The fourth-order valence-corrected chi connectivity index (χ4v) is 2.03. The molecular weight excluding hydrogens is 274 g/mol. The number of nitrogens with zero attached hydrogens (tertiary/aromatic N) is 1. The maximum Gasteiger partial charge on any atom is 0.322 e. The summed E-state index contributed by atoms with van der Waals surface area (Å²) >= 11 is 4.87.